The maximum absolute atomic E-state index is 12.5. The van der Waals surface area contributed by atoms with E-state index in [0.29, 0.717) is 29.9 Å². The summed E-state index contributed by atoms with van der Waals surface area (Å²) in [6.07, 6.45) is 5.85. The predicted molar refractivity (Wildman–Crippen MR) is 104 cm³/mol. The molecule has 150 valence electrons. The Balaban J connectivity index is 1.43. The van der Waals surface area contributed by atoms with E-state index in [2.05, 4.69) is 4.90 Å². The molecule has 2 saturated heterocycles. The van der Waals surface area contributed by atoms with Crippen LogP contribution in [0.15, 0.2) is 29.2 Å². The van der Waals surface area contributed by atoms with Gasteiger partial charge in [-0.1, -0.05) is 12.1 Å². The highest BCUT2D eigenvalue weighted by Gasteiger charge is 2.31. The zero-order valence-electron chi connectivity index (χ0n) is 16.3. The van der Waals surface area contributed by atoms with Crippen molar-refractivity contribution in [2.75, 3.05) is 39.5 Å². The first-order valence-electron chi connectivity index (χ1n) is 9.70. The number of ether oxygens (including phenoxy) is 1. The van der Waals surface area contributed by atoms with E-state index in [9.17, 15) is 13.2 Å². The van der Waals surface area contributed by atoms with Crippen LogP contribution in [0.4, 0.5) is 0 Å². The number of amides is 1. The van der Waals surface area contributed by atoms with E-state index in [-0.39, 0.29) is 5.91 Å². The van der Waals surface area contributed by atoms with Gasteiger partial charge in [0.2, 0.25) is 5.91 Å². The van der Waals surface area contributed by atoms with Crippen molar-refractivity contribution in [1.82, 2.24) is 9.80 Å². The van der Waals surface area contributed by atoms with Gasteiger partial charge < -0.3 is 9.64 Å². The summed E-state index contributed by atoms with van der Waals surface area (Å²) >= 11 is 0. The summed E-state index contributed by atoms with van der Waals surface area (Å²) < 4.78 is 28.5. The molecule has 1 atom stereocenters. The molecule has 2 aliphatic rings. The lowest BCUT2D eigenvalue weighted by atomic mass is 10.0. The molecule has 0 aliphatic carbocycles. The first-order valence-corrected chi connectivity index (χ1v) is 11.6. The lowest BCUT2D eigenvalue weighted by molar-refractivity contribution is -0.132. The minimum atomic E-state index is -3.17. The highest BCUT2D eigenvalue weighted by molar-refractivity contribution is 7.90. The summed E-state index contributed by atoms with van der Waals surface area (Å²) in [4.78, 5) is 17.3. The Hall–Kier alpha value is -1.44. The van der Waals surface area contributed by atoms with Crippen LogP contribution < -0.4 is 0 Å². The van der Waals surface area contributed by atoms with E-state index in [1.54, 1.807) is 31.4 Å². The van der Waals surface area contributed by atoms with Crippen molar-refractivity contribution in [2.45, 2.75) is 49.1 Å². The third kappa shape index (κ3) is 5.30. The monoisotopic (exact) mass is 394 g/mol. The van der Waals surface area contributed by atoms with Gasteiger partial charge in [-0.15, -0.1) is 0 Å². The summed E-state index contributed by atoms with van der Waals surface area (Å²) in [6.45, 7) is 3.76. The summed E-state index contributed by atoms with van der Waals surface area (Å²) in [6, 6.07) is 7.40. The number of carbonyl (C=O) groups is 1. The number of carbonyl (C=O) groups excluding carboxylic acids is 1. The molecule has 0 spiro atoms. The molecule has 0 aromatic heterocycles. The van der Waals surface area contributed by atoms with Gasteiger partial charge in [0.25, 0.3) is 0 Å². The fraction of sp³-hybridized carbons (Fsp3) is 0.650. The van der Waals surface area contributed by atoms with E-state index >= 15 is 0 Å². The first kappa shape index (κ1) is 20.3. The van der Waals surface area contributed by atoms with Crippen molar-refractivity contribution in [3.63, 3.8) is 0 Å². The standard InChI is InChI=1S/C20H30N2O4S/c1-26-18-11-14-22(15-18)17-9-12-21(13-10-17)20(23)8-5-16-3-6-19(7-4-16)27(2,24)25/h3-4,6-7,17-18H,5,8-15H2,1-2H3/t18-/m1/s1. The van der Waals surface area contributed by atoms with Crippen LogP contribution in [0.3, 0.4) is 0 Å². The van der Waals surface area contributed by atoms with Gasteiger partial charge in [-0.3, -0.25) is 9.69 Å². The average Bonchev–Trinajstić information content (AvgIpc) is 3.15. The largest absolute Gasteiger partial charge is 0.380 e. The fourth-order valence-corrected chi connectivity index (χ4v) is 4.70. The van der Waals surface area contributed by atoms with Crippen molar-refractivity contribution < 1.29 is 17.9 Å². The zero-order chi connectivity index (χ0) is 19.4. The Labute approximate surface area is 162 Å². The Morgan fingerprint density at radius 1 is 1.11 bits per heavy atom. The van der Waals surface area contributed by atoms with Crippen molar-refractivity contribution >= 4 is 15.7 Å². The predicted octanol–water partition coefficient (Wildman–Crippen LogP) is 1.73. The number of piperidine rings is 1. The molecule has 2 aliphatic heterocycles. The maximum atomic E-state index is 12.5. The van der Waals surface area contributed by atoms with Crippen LogP contribution in [0.5, 0.6) is 0 Å². The number of nitrogens with zero attached hydrogens (tertiary/aromatic N) is 2. The lowest BCUT2D eigenvalue weighted by Gasteiger charge is -2.36. The lowest BCUT2D eigenvalue weighted by Crippen LogP contribution is -2.46. The molecule has 7 heteroatoms. The molecule has 2 heterocycles. The molecule has 6 nitrogen and oxygen atoms in total. The van der Waals surface area contributed by atoms with Gasteiger partial charge in [-0.25, -0.2) is 8.42 Å². The average molecular weight is 395 g/mol. The van der Waals surface area contributed by atoms with E-state index < -0.39 is 9.84 Å². The van der Waals surface area contributed by atoms with Crippen molar-refractivity contribution in [1.29, 1.82) is 0 Å². The third-order valence-electron chi connectivity index (χ3n) is 5.82. The summed E-state index contributed by atoms with van der Waals surface area (Å²) in [5.41, 5.74) is 0.994. The number of aryl methyl sites for hydroxylation is 1. The number of benzene rings is 1. The molecular weight excluding hydrogens is 364 g/mol. The van der Waals surface area contributed by atoms with E-state index in [1.807, 2.05) is 4.90 Å². The number of sulfone groups is 1. The normalized spacial score (nSPS) is 22.3. The van der Waals surface area contributed by atoms with Crippen LogP contribution >= 0.6 is 0 Å². The van der Waals surface area contributed by atoms with Crippen molar-refractivity contribution in [3.05, 3.63) is 29.8 Å². The smallest absolute Gasteiger partial charge is 0.222 e. The van der Waals surface area contributed by atoms with Gasteiger partial charge in [-0.2, -0.15) is 0 Å². The van der Waals surface area contributed by atoms with Gasteiger partial charge in [0.15, 0.2) is 9.84 Å². The maximum Gasteiger partial charge on any atom is 0.222 e. The summed E-state index contributed by atoms with van der Waals surface area (Å²) in [5.74, 6) is 0.192. The van der Waals surface area contributed by atoms with Crippen LogP contribution in [-0.2, 0) is 25.8 Å². The summed E-state index contributed by atoms with van der Waals surface area (Å²) in [5, 5.41) is 0. The zero-order valence-corrected chi connectivity index (χ0v) is 17.1. The van der Waals surface area contributed by atoms with Gasteiger partial charge in [0.05, 0.1) is 11.0 Å². The minimum absolute atomic E-state index is 0.192. The van der Waals surface area contributed by atoms with Gasteiger partial charge in [0.1, 0.15) is 0 Å². The van der Waals surface area contributed by atoms with E-state index in [4.69, 9.17) is 4.74 Å². The van der Waals surface area contributed by atoms with Crippen LogP contribution in [0, 0.1) is 0 Å². The minimum Gasteiger partial charge on any atom is -0.380 e. The molecule has 1 aromatic rings. The molecule has 0 radical (unpaired) electrons. The molecule has 27 heavy (non-hydrogen) atoms. The van der Waals surface area contributed by atoms with Crippen LogP contribution in [0.25, 0.3) is 0 Å². The second kappa shape index (κ2) is 8.71. The first-order chi connectivity index (χ1) is 12.9. The molecule has 0 unspecified atom stereocenters. The fourth-order valence-electron chi connectivity index (χ4n) is 4.07. The van der Waals surface area contributed by atoms with E-state index in [1.165, 1.54) is 6.26 Å². The molecule has 0 N–H and O–H groups in total. The Kier molecular flexibility index (Phi) is 6.55. The number of rotatable bonds is 6. The third-order valence-corrected chi connectivity index (χ3v) is 6.95. The Bertz CT molecular complexity index is 740. The topological polar surface area (TPSA) is 66.9 Å². The molecule has 0 saturated carbocycles. The quantitative estimate of drug-likeness (QED) is 0.735. The summed E-state index contributed by atoms with van der Waals surface area (Å²) in [7, 11) is -1.39. The molecular formula is C20H30N2O4S. The Morgan fingerprint density at radius 2 is 1.78 bits per heavy atom. The Morgan fingerprint density at radius 3 is 2.33 bits per heavy atom. The van der Waals surface area contributed by atoms with Crippen LogP contribution in [0.1, 0.15) is 31.2 Å². The van der Waals surface area contributed by atoms with Gasteiger partial charge >= 0.3 is 0 Å². The molecule has 1 amide bonds. The number of hydrogen-bond donors (Lipinski definition) is 0. The number of hydrogen-bond acceptors (Lipinski definition) is 5. The van der Waals surface area contributed by atoms with Crippen LogP contribution in [-0.4, -0.2) is 75.8 Å². The molecule has 0 bridgehead atoms. The molecule has 1 aromatic carbocycles. The number of methoxy groups -OCH3 is 1. The highest BCUT2D eigenvalue weighted by Crippen LogP contribution is 2.23. The molecule has 3 rings (SSSR count). The van der Waals surface area contributed by atoms with Crippen molar-refractivity contribution in [3.8, 4) is 0 Å². The highest BCUT2D eigenvalue weighted by atomic mass is 32.2. The van der Waals surface area contributed by atoms with Crippen molar-refractivity contribution in [2.24, 2.45) is 0 Å². The second-order valence-corrected chi connectivity index (χ2v) is 9.69. The number of likely N-dealkylation sites (tertiary alicyclic amines) is 2. The van der Waals surface area contributed by atoms with Crippen LogP contribution in [0.2, 0.25) is 0 Å². The van der Waals surface area contributed by atoms with Gasteiger partial charge in [0, 0.05) is 52.0 Å². The second-order valence-electron chi connectivity index (χ2n) is 7.67. The SMILES string of the molecule is CO[C@@H]1CCN(C2CCN(C(=O)CCc3ccc(S(C)(=O)=O)cc3)CC2)C1. The molecule has 2 fully saturated rings. The van der Waals surface area contributed by atoms with Gasteiger partial charge in [-0.05, 0) is 43.4 Å². The van der Waals surface area contributed by atoms with E-state index in [0.717, 1.165) is 51.0 Å².